The van der Waals surface area contributed by atoms with Crippen LogP contribution < -0.4 is 10.3 Å². The second kappa shape index (κ2) is 11.1. The molecule has 0 radical (unpaired) electrons. The van der Waals surface area contributed by atoms with Crippen molar-refractivity contribution in [2.75, 3.05) is 13.2 Å². The Morgan fingerprint density at radius 1 is 0.974 bits per heavy atom. The van der Waals surface area contributed by atoms with Crippen LogP contribution in [0, 0.1) is 6.92 Å². The summed E-state index contributed by atoms with van der Waals surface area (Å²) in [6, 6.07) is 16.3. The Morgan fingerprint density at radius 2 is 1.77 bits per heavy atom. The molecule has 5 aromatic rings. The Bertz CT molecular complexity index is 1660. The van der Waals surface area contributed by atoms with E-state index in [0.717, 1.165) is 23.9 Å². The maximum absolute atomic E-state index is 13.8. The van der Waals surface area contributed by atoms with Crippen molar-refractivity contribution in [1.29, 1.82) is 0 Å². The van der Waals surface area contributed by atoms with E-state index in [-0.39, 0.29) is 5.56 Å². The first-order valence-electron chi connectivity index (χ1n) is 13.2. The van der Waals surface area contributed by atoms with Gasteiger partial charge in [-0.2, -0.15) is 4.98 Å². The van der Waals surface area contributed by atoms with Crippen molar-refractivity contribution < 1.29 is 9.47 Å². The SMILES string of the molecule is Cc1cccc2nc(C(C)Oc3ncnc4c3ncn4CCOCC[Si](C)(C)C)n(-c3ccccc3)c(=O)c12. The molecule has 0 N–H and O–H groups in total. The molecule has 1 unspecified atom stereocenters. The van der Waals surface area contributed by atoms with Gasteiger partial charge in [-0.1, -0.05) is 50.0 Å². The van der Waals surface area contributed by atoms with Gasteiger partial charge in [0.25, 0.3) is 5.56 Å². The molecular weight excluding hydrogens is 508 g/mol. The predicted molar refractivity (Wildman–Crippen MR) is 155 cm³/mol. The third kappa shape index (κ3) is 5.76. The van der Waals surface area contributed by atoms with Crippen LogP contribution in [0.4, 0.5) is 0 Å². The van der Waals surface area contributed by atoms with Gasteiger partial charge >= 0.3 is 0 Å². The van der Waals surface area contributed by atoms with E-state index in [1.807, 2.05) is 66.9 Å². The highest BCUT2D eigenvalue weighted by Crippen LogP contribution is 2.27. The Labute approximate surface area is 228 Å². The van der Waals surface area contributed by atoms with E-state index in [4.69, 9.17) is 14.5 Å². The number of aromatic nitrogens is 6. The Morgan fingerprint density at radius 3 is 2.54 bits per heavy atom. The van der Waals surface area contributed by atoms with Crippen LogP contribution in [0.1, 0.15) is 24.4 Å². The molecule has 0 saturated carbocycles. The number of hydrogen-bond acceptors (Lipinski definition) is 7. The average molecular weight is 543 g/mol. The summed E-state index contributed by atoms with van der Waals surface area (Å²) in [6.07, 6.45) is 2.60. The first-order chi connectivity index (χ1) is 18.7. The fraction of sp³-hybridized carbons (Fsp3) is 0.345. The van der Waals surface area contributed by atoms with Gasteiger partial charge in [0.1, 0.15) is 6.33 Å². The molecule has 0 spiro atoms. The van der Waals surface area contributed by atoms with Crippen LogP contribution >= 0.6 is 0 Å². The minimum atomic E-state index is -1.12. The van der Waals surface area contributed by atoms with E-state index >= 15 is 0 Å². The summed E-state index contributed by atoms with van der Waals surface area (Å²) in [7, 11) is -1.12. The third-order valence-corrected chi connectivity index (χ3v) is 8.34. The molecule has 0 aliphatic carbocycles. The molecule has 0 bridgehead atoms. The van der Waals surface area contributed by atoms with E-state index < -0.39 is 14.2 Å². The molecule has 5 rings (SSSR count). The normalized spacial score (nSPS) is 12.7. The number of fused-ring (bicyclic) bond motifs is 2. The van der Waals surface area contributed by atoms with Crippen LogP contribution in [0.25, 0.3) is 27.8 Å². The second-order valence-corrected chi connectivity index (χ2v) is 16.5. The number of benzene rings is 2. The molecule has 3 aromatic heterocycles. The zero-order chi connectivity index (χ0) is 27.6. The first-order valence-corrected chi connectivity index (χ1v) is 16.9. The molecule has 0 amide bonds. The third-order valence-electron chi connectivity index (χ3n) is 6.64. The molecule has 0 aliphatic heterocycles. The Balaban J connectivity index is 1.45. The summed E-state index contributed by atoms with van der Waals surface area (Å²) in [4.78, 5) is 32.0. The summed E-state index contributed by atoms with van der Waals surface area (Å²) in [5.41, 5.74) is 3.31. The van der Waals surface area contributed by atoms with Crippen molar-refractivity contribution in [3.05, 3.63) is 82.9 Å². The monoisotopic (exact) mass is 542 g/mol. The minimum absolute atomic E-state index is 0.138. The van der Waals surface area contributed by atoms with Crippen molar-refractivity contribution >= 4 is 30.1 Å². The van der Waals surface area contributed by atoms with Gasteiger partial charge in [-0.05, 0) is 43.7 Å². The van der Waals surface area contributed by atoms with Gasteiger partial charge in [0.15, 0.2) is 23.1 Å². The van der Waals surface area contributed by atoms with Crippen LogP contribution in [0.5, 0.6) is 5.88 Å². The summed E-state index contributed by atoms with van der Waals surface area (Å²) < 4.78 is 15.8. The van der Waals surface area contributed by atoms with Crippen LogP contribution in [0.15, 0.2) is 66.0 Å². The molecule has 2 aromatic carbocycles. The van der Waals surface area contributed by atoms with E-state index in [2.05, 4.69) is 34.6 Å². The lowest BCUT2D eigenvalue weighted by atomic mass is 10.1. The van der Waals surface area contributed by atoms with Crippen molar-refractivity contribution in [2.24, 2.45) is 0 Å². The zero-order valence-electron chi connectivity index (χ0n) is 23.1. The molecular formula is C29H34N6O3Si. The van der Waals surface area contributed by atoms with Gasteiger partial charge in [-0.3, -0.25) is 9.36 Å². The lowest BCUT2D eigenvalue weighted by molar-refractivity contribution is 0.139. The van der Waals surface area contributed by atoms with Crippen molar-refractivity contribution in [3.8, 4) is 11.6 Å². The smallest absolute Gasteiger partial charge is 0.266 e. The number of aryl methyl sites for hydroxylation is 1. The highest BCUT2D eigenvalue weighted by molar-refractivity contribution is 6.76. The summed E-state index contributed by atoms with van der Waals surface area (Å²) in [6.45, 7) is 12.8. The molecule has 202 valence electrons. The van der Waals surface area contributed by atoms with Crippen LogP contribution in [-0.4, -0.2) is 50.4 Å². The number of ether oxygens (including phenoxy) is 2. The summed E-state index contributed by atoms with van der Waals surface area (Å²) >= 11 is 0. The van der Waals surface area contributed by atoms with E-state index in [1.165, 1.54) is 6.33 Å². The summed E-state index contributed by atoms with van der Waals surface area (Å²) in [5.74, 6) is 0.815. The second-order valence-electron chi connectivity index (χ2n) is 10.9. The number of para-hydroxylation sites is 1. The van der Waals surface area contributed by atoms with Gasteiger partial charge in [0.05, 0.1) is 29.5 Å². The lowest BCUT2D eigenvalue weighted by Gasteiger charge is -2.20. The predicted octanol–water partition coefficient (Wildman–Crippen LogP) is 5.33. The molecule has 0 aliphatic rings. The van der Waals surface area contributed by atoms with Gasteiger partial charge in [-0.25, -0.2) is 15.0 Å². The van der Waals surface area contributed by atoms with Gasteiger partial charge in [-0.15, -0.1) is 0 Å². The van der Waals surface area contributed by atoms with Gasteiger partial charge < -0.3 is 14.0 Å². The molecule has 1 atom stereocenters. The van der Waals surface area contributed by atoms with E-state index in [0.29, 0.717) is 46.9 Å². The number of imidazole rings is 1. The maximum atomic E-state index is 13.8. The van der Waals surface area contributed by atoms with Crippen LogP contribution in [0.3, 0.4) is 0 Å². The van der Waals surface area contributed by atoms with E-state index in [9.17, 15) is 4.79 Å². The molecule has 0 fully saturated rings. The quantitative estimate of drug-likeness (QED) is 0.174. The van der Waals surface area contributed by atoms with Crippen LogP contribution in [-0.2, 0) is 11.3 Å². The Kier molecular flexibility index (Phi) is 7.58. The molecule has 3 heterocycles. The highest BCUT2D eigenvalue weighted by Gasteiger charge is 2.22. The molecule has 39 heavy (non-hydrogen) atoms. The summed E-state index contributed by atoms with van der Waals surface area (Å²) in [5, 5.41) is 0.590. The molecule has 0 saturated heterocycles. The fourth-order valence-electron chi connectivity index (χ4n) is 4.48. The van der Waals surface area contributed by atoms with Crippen molar-refractivity contribution in [2.45, 2.75) is 52.2 Å². The van der Waals surface area contributed by atoms with Crippen molar-refractivity contribution in [1.82, 2.24) is 29.1 Å². The first kappa shape index (κ1) is 26.7. The minimum Gasteiger partial charge on any atom is -0.465 e. The number of rotatable bonds is 10. The standard InChI is InChI=1S/C29H34N6O3Si/c1-20-10-9-13-23-24(20)29(36)35(22-11-7-6-8-12-22)26(33-23)21(2)38-28-25-27(30-18-31-28)34(19-32-25)14-15-37-16-17-39(3,4)5/h6-13,18-19,21H,14-17H2,1-5H3. The lowest BCUT2D eigenvalue weighted by Crippen LogP contribution is -2.27. The molecule has 10 heteroatoms. The van der Waals surface area contributed by atoms with Crippen LogP contribution in [0.2, 0.25) is 25.7 Å². The fourth-order valence-corrected chi connectivity index (χ4v) is 5.24. The molecule has 9 nitrogen and oxygen atoms in total. The zero-order valence-corrected chi connectivity index (χ0v) is 24.1. The van der Waals surface area contributed by atoms with E-state index in [1.54, 1.807) is 10.9 Å². The van der Waals surface area contributed by atoms with Gasteiger partial charge in [0, 0.05) is 21.2 Å². The largest absolute Gasteiger partial charge is 0.465 e. The maximum Gasteiger partial charge on any atom is 0.266 e. The number of nitrogens with zero attached hydrogens (tertiary/aromatic N) is 6. The average Bonchev–Trinajstić information content (AvgIpc) is 3.32. The highest BCUT2D eigenvalue weighted by atomic mass is 28.3. The van der Waals surface area contributed by atoms with Gasteiger partial charge in [0.2, 0.25) is 5.88 Å². The van der Waals surface area contributed by atoms with Crippen molar-refractivity contribution in [3.63, 3.8) is 0 Å². The topological polar surface area (TPSA) is 96.9 Å². The Hall–Kier alpha value is -3.89. The number of hydrogen-bond donors (Lipinski definition) is 0.